The Morgan fingerprint density at radius 2 is 1.05 bits per heavy atom. The number of nitrogens with one attached hydrogen (secondary N) is 1. The summed E-state index contributed by atoms with van der Waals surface area (Å²) in [6.07, 6.45) is 35.9. The quantitative estimate of drug-likeness (QED) is 0.0487. The molecule has 0 fully saturated rings. The zero-order chi connectivity index (χ0) is 30.2. The number of hydrogen-bond donors (Lipinski definition) is 4. The fourth-order valence-corrected chi connectivity index (χ4v) is 5.20. The Balaban J connectivity index is 3.74. The van der Waals surface area contributed by atoms with Crippen molar-refractivity contribution in [3.63, 3.8) is 0 Å². The van der Waals surface area contributed by atoms with E-state index >= 15 is 0 Å². The van der Waals surface area contributed by atoms with Crippen LogP contribution in [0.4, 0.5) is 0 Å². The molecule has 0 spiro atoms. The fourth-order valence-electron chi connectivity index (χ4n) is 5.20. The topological polar surface area (TPSA) is 89.8 Å². The van der Waals surface area contributed by atoms with E-state index in [0.29, 0.717) is 6.42 Å². The first-order valence-electron chi connectivity index (χ1n) is 17.6. The van der Waals surface area contributed by atoms with E-state index in [2.05, 4.69) is 31.3 Å². The first-order chi connectivity index (χ1) is 20.0. The predicted molar refractivity (Wildman–Crippen MR) is 176 cm³/mol. The highest BCUT2D eigenvalue weighted by Crippen LogP contribution is 2.14. The maximum Gasteiger partial charge on any atom is 0.222 e. The Hall–Kier alpha value is -1.17. The maximum atomic E-state index is 12.3. The lowest BCUT2D eigenvalue weighted by molar-refractivity contribution is -0.124. The molecule has 0 saturated carbocycles. The highest BCUT2D eigenvalue weighted by molar-refractivity contribution is 5.76. The summed E-state index contributed by atoms with van der Waals surface area (Å²) in [6.45, 7) is 4.14. The van der Waals surface area contributed by atoms with E-state index in [-0.39, 0.29) is 18.9 Å². The minimum Gasteiger partial charge on any atom is -0.394 e. The lowest BCUT2D eigenvalue weighted by Gasteiger charge is -2.21. The molecule has 3 atom stereocenters. The Kier molecular flexibility index (Phi) is 30.9. The van der Waals surface area contributed by atoms with Crippen LogP contribution >= 0.6 is 0 Å². The van der Waals surface area contributed by atoms with E-state index in [0.717, 1.165) is 44.9 Å². The van der Waals surface area contributed by atoms with Crippen molar-refractivity contribution in [3.8, 4) is 0 Å². The molecule has 5 heteroatoms. The van der Waals surface area contributed by atoms with E-state index in [1.807, 2.05) is 6.08 Å². The average molecular weight is 580 g/mol. The van der Waals surface area contributed by atoms with Crippen LogP contribution in [0.1, 0.15) is 174 Å². The molecule has 0 bridgehead atoms. The maximum absolute atomic E-state index is 12.3. The molecule has 0 aliphatic carbocycles. The van der Waals surface area contributed by atoms with Crippen LogP contribution in [-0.4, -0.2) is 46.1 Å². The molecule has 0 radical (unpaired) electrons. The van der Waals surface area contributed by atoms with E-state index in [1.54, 1.807) is 6.08 Å². The van der Waals surface area contributed by atoms with Gasteiger partial charge in [-0.1, -0.05) is 154 Å². The molecule has 242 valence electrons. The monoisotopic (exact) mass is 580 g/mol. The molecular weight excluding hydrogens is 510 g/mol. The van der Waals surface area contributed by atoms with Crippen molar-refractivity contribution in [2.45, 2.75) is 193 Å². The second-order valence-electron chi connectivity index (χ2n) is 12.1. The lowest BCUT2D eigenvalue weighted by Crippen LogP contribution is -2.45. The molecule has 0 aliphatic heterocycles. The van der Waals surface area contributed by atoms with Crippen LogP contribution in [0.3, 0.4) is 0 Å². The molecule has 0 saturated heterocycles. The minimum absolute atomic E-state index is 0.00296. The van der Waals surface area contributed by atoms with Gasteiger partial charge in [-0.05, 0) is 38.5 Å². The van der Waals surface area contributed by atoms with Crippen LogP contribution in [0.2, 0.25) is 0 Å². The van der Waals surface area contributed by atoms with E-state index in [1.165, 1.54) is 103 Å². The van der Waals surface area contributed by atoms with Gasteiger partial charge >= 0.3 is 0 Å². The first-order valence-corrected chi connectivity index (χ1v) is 17.6. The zero-order valence-corrected chi connectivity index (χ0v) is 27.2. The molecule has 0 heterocycles. The van der Waals surface area contributed by atoms with Gasteiger partial charge in [0.25, 0.3) is 0 Å². The van der Waals surface area contributed by atoms with Crippen molar-refractivity contribution in [1.82, 2.24) is 5.32 Å². The van der Waals surface area contributed by atoms with Crippen LogP contribution in [0.25, 0.3) is 0 Å². The molecule has 4 N–H and O–H groups in total. The lowest BCUT2D eigenvalue weighted by atomic mass is 10.0. The number of amides is 1. The van der Waals surface area contributed by atoms with Gasteiger partial charge in [0.2, 0.25) is 5.91 Å². The number of hydrogen-bond acceptors (Lipinski definition) is 4. The highest BCUT2D eigenvalue weighted by Gasteiger charge is 2.20. The summed E-state index contributed by atoms with van der Waals surface area (Å²) in [4.78, 5) is 12.3. The zero-order valence-electron chi connectivity index (χ0n) is 27.2. The number of aliphatic hydroxyl groups excluding tert-OH is 3. The summed E-state index contributed by atoms with van der Waals surface area (Å²) in [7, 11) is 0. The summed E-state index contributed by atoms with van der Waals surface area (Å²) in [5.74, 6) is -0.328. The Morgan fingerprint density at radius 1 is 0.610 bits per heavy atom. The van der Waals surface area contributed by atoms with Gasteiger partial charge in [0.15, 0.2) is 0 Å². The van der Waals surface area contributed by atoms with Gasteiger partial charge < -0.3 is 20.6 Å². The van der Waals surface area contributed by atoms with Crippen molar-refractivity contribution in [3.05, 3.63) is 24.3 Å². The normalized spacial score (nSPS) is 14.2. The summed E-state index contributed by atoms with van der Waals surface area (Å²) >= 11 is 0. The third kappa shape index (κ3) is 28.7. The van der Waals surface area contributed by atoms with Crippen molar-refractivity contribution in [2.24, 2.45) is 0 Å². The number of aliphatic hydroxyl groups is 3. The van der Waals surface area contributed by atoms with E-state index in [4.69, 9.17) is 0 Å². The van der Waals surface area contributed by atoms with Crippen LogP contribution in [0.5, 0.6) is 0 Å². The van der Waals surface area contributed by atoms with E-state index in [9.17, 15) is 20.1 Å². The Labute approximate surface area is 254 Å². The molecule has 1 amide bonds. The SMILES string of the molecule is CCCC/C=C\CCCCCC(O)CC(=O)NC(CO)C(O)/C=C/CCCCCCCCCCCCCCCCC. The Bertz CT molecular complexity index is 606. The number of carbonyl (C=O) groups excluding carboxylic acids is 1. The predicted octanol–water partition coefficient (Wildman–Crippen LogP) is 9.09. The van der Waals surface area contributed by atoms with Gasteiger partial charge in [0.1, 0.15) is 0 Å². The van der Waals surface area contributed by atoms with E-state index < -0.39 is 18.2 Å². The van der Waals surface area contributed by atoms with Crippen molar-refractivity contribution < 1.29 is 20.1 Å². The molecule has 0 rings (SSSR count). The van der Waals surface area contributed by atoms with Gasteiger partial charge in [-0.2, -0.15) is 0 Å². The standard InChI is InChI=1S/C36H69NO4/c1-3-5-7-9-11-13-14-15-16-17-18-19-20-22-24-26-28-30-35(40)34(32-38)37-36(41)31-33(39)29-27-25-23-21-12-10-8-6-4-2/h10,12,28,30,33-35,38-40H,3-9,11,13-27,29,31-32H2,1-2H3,(H,37,41)/b12-10-,30-28+. The van der Waals surface area contributed by atoms with Crippen molar-refractivity contribution in [1.29, 1.82) is 0 Å². The largest absolute Gasteiger partial charge is 0.394 e. The fraction of sp³-hybridized carbons (Fsp3) is 0.861. The molecular formula is C36H69NO4. The summed E-state index contributed by atoms with van der Waals surface area (Å²) < 4.78 is 0. The number of rotatable bonds is 31. The summed E-state index contributed by atoms with van der Waals surface area (Å²) in [5.41, 5.74) is 0. The highest BCUT2D eigenvalue weighted by atomic mass is 16.3. The first kappa shape index (κ1) is 39.8. The Morgan fingerprint density at radius 3 is 1.56 bits per heavy atom. The third-order valence-corrected chi connectivity index (χ3v) is 7.98. The van der Waals surface area contributed by atoms with Crippen molar-refractivity contribution in [2.75, 3.05) is 6.61 Å². The molecule has 0 aliphatic rings. The number of unbranched alkanes of at least 4 members (excludes halogenated alkanes) is 20. The van der Waals surface area contributed by atoms with Crippen LogP contribution in [0.15, 0.2) is 24.3 Å². The third-order valence-electron chi connectivity index (χ3n) is 7.98. The minimum atomic E-state index is -0.928. The average Bonchev–Trinajstić information content (AvgIpc) is 2.96. The summed E-state index contributed by atoms with van der Waals surface area (Å²) in [6, 6.07) is -0.744. The van der Waals surface area contributed by atoms with Gasteiger partial charge in [0.05, 0.1) is 31.3 Å². The number of carbonyl (C=O) groups is 1. The van der Waals surface area contributed by atoms with Crippen molar-refractivity contribution >= 4 is 5.91 Å². The molecule has 5 nitrogen and oxygen atoms in total. The number of allylic oxidation sites excluding steroid dienone is 3. The smallest absolute Gasteiger partial charge is 0.222 e. The molecule has 0 aromatic heterocycles. The molecule has 3 unspecified atom stereocenters. The molecule has 41 heavy (non-hydrogen) atoms. The van der Waals surface area contributed by atoms with Crippen LogP contribution in [0, 0.1) is 0 Å². The van der Waals surface area contributed by atoms with Gasteiger partial charge in [-0.25, -0.2) is 0 Å². The van der Waals surface area contributed by atoms with Gasteiger partial charge in [0, 0.05) is 0 Å². The van der Waals surface area contributed by atoms with Crippen LogP contribution in [-0.2, 0) is 4.79 Å². The second kappa shape index (κ2) is 31.8. The molecule has 0 aromatic rings. The van der Waals surface area contributed by atoms with Crippen LogP contribution < -0.4 is 5.32 Å². The van der Waals surface area contributed by atoms with Gasteiger partial charge in [-0.15, -0.1) is 0 Å². The second-order valence-corrected chi connectivity index (χ2v) is 12.1. The van der Waals surface area contributed by atoms with Gasteiger partial charge in [-0.3, -0.25) is 4.79 Å². The summed E-state index contributed by atoms with van der Waals surface area (Å²) in [5, 5.41) is 32.9. The molecule has 0 aromatic carbocycles.